The molecule has 0 aliphatic carbocycles. The van der Waals surface area contributed by atoms with Crippen molar-refractivity contribution in [2.24, 2.45) is 10.9 Å². The molecule has 9 heteroatoms. The summed E-state index contributed by atoms with van der Waals surface area (Å²) >= 11 is 6.23. The molecule has 2 atom stereocenters. The molecule has 0 spiro atoms. The van der Waals surface area contributed by atoms with Crippen LogP contribution in [0.25, 0.3) is 0 Å². The number of halogens is 1. The molecule has 2 aromatic rings. The lowest BCUT2D eigenvalue weighted by molar-refractivity contribution is -0.144. The van der Waals surface area contributed by atoms with Crippen LogP contribution in [0.15, 0.2) is 64.8 Å². The predicted octanol–water partition coefficient (Wildman–Crippen LogP) is 5.47. The summed E-state index contributed by atoms with van der Waals surface area (Å²) in [5.74, 6) is -1.94. The molecule has 1 aliphatic heterocycles. The van der Waals surface area contributed by atoms with Gasteiger partial charge in [0.2, 0.25) is 0 Å². The molecule has 39 heavy (non-hydrogen) atoms. The smallest absolute Gasteiger partial charge is 0.336 e. The Morgan fingerprint density at radius 1 is 0.949 bits per heavy atom. The number of hydrogen-bond acceptors (Lipinski definition) is 8. The van der Waals surface area contributed by atoms with E-state index in [9.17, 15) is 14.4 Å². The Kier molecular flexibility index (Phi) is 11.1. The average Bonchev–Trinajstić information content (AvgIpc) is 2.90. The van der Waals surface area contributed by atoms with E-state index in [2.05, 4.69) is 4.99 Å². The summed E-state index contributed by atoms with van der Waals surface area (Å²) in [6.45, 7) is 5.88. The number of benzene rings is 2. The van der Waals surface area contributed by atoms with Crippen LogP contribution < -0.4 is 4.74 Å². The maximum atomic E-state index is 13.2. The van der Waals surface area contributed by atoms with Crippen LogP contribution in [0.4, 0.5) is 0 Å². The third kappa shape index (κ3) is 8.42. The lowest BCUT2D eigenvalue weighted by Crippen LogP contribution is -2.36. The molecule has 8 nitrogen and oxygen atoms in total. The molecule has 0 saturated carbocycles. The zero-order valence-corrected chi connectivity index (χ0v) is 23.5. The minimum absolute atomic E-state index is 0.196. The van der Waals surface area contributed by atoms with Gasteiger partial charge in [0, 0.05) is 35.7 Å². The molecule has 0 bridgehead atoms. The quantitative estimate of drug-likeness (QED) is 0.194. The standard InChI is InChI=1S/C30H34ClNO7/c1-19-26(29(34)36-4)28(23-8-7-9-24(31)18-23)27(20(2)32-19)30(35)39-16-6-5-15-38-25-12-10-22(11-13-25)14-17-37-21(3)33/h7-13,18,26,28H,5-6,14-17H2,1-4H3. The normalized spacial score (nSPS) is 16.8. The zero-order chi connectivity index (χ0) is 28.4. The van der Waals surface area contributed by atoms with Gasteiger partial charge in [-0.05, 0) is 62.1 Å². The molecule has 0 saturated heterocycles. The van der Waals surface area contributed by atoms with Crippen molar-refractivity contribution in [1.29, 1.82) is 0 Å². The molecule has 2 unspecified atom stereocenters. The monoisotopic (exact) mass is 555 g/mol. The molecular weight excluding hydrogens is 522 g/mol. The number of rotatable bonds is 12. The van der Waals surface area contributed by atoms with Crippen molar-refractivity contribution in [3.63, 3.8) is 0 Å². The van der Waals surface area contributed by atoms with Gasteiger partial charge in [-0.3, -0.25) is 14.6 Å². The first-order chi connectivity index (χ1) is 18.7. The van der Waals surface area contributed by atoms with E-state index in [1.165, 1.54) is 14.0 Å². The highest BCUT2D eigenvalue weighted by molar-refractivity contribution is 6.30. The largest absolute Gasteiger partial charge is 0.494 e. The Labute approximate surface area is 233 Å². The fourth-order valence-electron chi connectivity index (χ4n) is 4.50. The number of aliphatic imine (C=N–C) groups is 1. The van der Waals surface area contributed by atoms with Crippen molar-refractivity contribution in [2.75, 3.05) is 26.9 Å². The maximum Gasteiger partial charge on any atom is 0.336 e. The highest BCUT2D eigenvalue weighted by atomic mass is 35.5. The van der Waals surface area contributed by atoms with Gasteiger partial charge in [-0.2, -0.15) is 0 Å². The van der Waals surface area contributed by atoms with Crippen LogP contribution in [-0.4, -0.2) is 50.6 Å². The Bertz CT molecular complexity index is 1240. The van der Waals surface area contributed by atoms with Crippen molar-refractivity contribution < 1.29 is 33.3 Å². The van der Waals surface area contributed by atoms with Crippen molar-refractivity contribution in [3.8, 4) is 5.75 Å². The highest BCUT2D eigenvalue weighted by Gasteiger charge is 2.42. The number of esters is 3. The molecule has 0 amide bonds. The molecule has 0 aromatic heterocycles. The van der Waals surface area contributed by atoms with Crippen LogP contribution in [0, 0.1) is 5.92 Å². The summed E-state index contributed by atoms with van der Waals surface area (Å²) in [5.41, 5.74) is 3.15. The van der Waals surface area contributed by atoms with E-state index in [0.29, 0.717) is 60.0 Å². The van der Waals surface area contributed by atoms with Gasteiger partial charge in [0.15, 0.2) is 0 Å². The van der Waals surface area contributed by atoms with Gasteiger partial charge in [0.1, 0.15) is 11.7 Å². The Hall–Kier alpha value is -3.65. The van der Waals surface area contributed by atoms with Crippen LogP contribution >= 0.6 is 11.6 Å². The highest BCUT2D eigenvalue weighted by Crippen LogP contribution is 2.40. The summed E-state index contributed by atoms with van der Waals surface area (Å²) < 4.78 is 21.4. The van der Waals surface area contributed by atoms with Gasteiger partial charge in [-0.1, -0.05) is 35.9 Å². The van der Waals surface area contributed by atoms with Crippen LogP contribution in [0.1, 0.15) is 50.7 Å². The van der Waals surface area contributed by atoms with Gasteiger partial charge in [0.05, 0.1) is 32.5 Å². The van der Waals surface area contributed by atoms with E-state index in [0.717, 1.165) is 11.3 Å². The first-order valence-corrected chi connectivity index (χ1v) is 13.2. The second kappa shape index (κ2) is 14.5. The number of allylic oxidation sites excluding steroid dienone is 1. The summed E-state index contributed by atoms with van der Waals surface area (Å²) in [6.07, 6.45) is 1.92. The number of hydrogen-bond donors (Lipinski definition) is 0. The molecule has 0 fully saturated rings. The SMILES string of the molecule is COC(=O)C1C(C)=NC(C)=C(C(=O)OCCCCOc2ccc(CCOC(C)=O)cc2)C1c1cccc(Cl)c1. The fraction of sp³-hybridized carbons (Fsp3) is 0.400. The Balaban J connectivity index is 1.55. The second-order valence-corrected chi connectivity index (χ2v) is 9.65. The molecule has 1 aliphatic rings. The number of methoxy groups -OCH3 is 1. The van der Waals surface area contributed by atoms with E-state index in [-0.39, 0.29) is 12.6 Å². The summed E-state index contributed by atoms with van der Waals surface area (Å²) in [6, 6.07) is 14.7. The third-order valence-electron chi connectivity index (χ3n) is 6.37. The molecule has 1 heterocycles. The fourth-order valence-corrected chi connectivity index (χ4v) is 4.70. The van der Waals surface area contributed by atoms with Crippen LogP contribution in [0.3, 0.4) is 0 Å². The van der Waals surface area contributed by atoms with Crippen LogP contribution in [0.5, 0.6) is 5.75 Å². The van der Waals surface area contributed by atoms with E-state index >= 15 is 0 Å². The number of unbranched alkanes of at least 4 members (excludes halogenated alkanes) is 1. The number of carbonyl (C=O) groups is 3. The first kappa shape index (κ1) is 29.9. The molecule has 2 aromatic carbocycles. The van der Waals surface area contributed by atoms with E-state index in [4.69, 9.17) is 30.5 Å². The van der Waals surface area contributed by atoms with Gasteiger partial charge in [-0.15, -0.1) is 0 Å². The van der Waals surface area contributed by atoms with Crippen molar-refractivity contribution in [1.82, 2.24) is 0 Å². The molecule has 0 radical (unpaired) electrons. The summed E-state index contributed by atoms with van der Waals surface area (Å²) in [5, 5.41) is 0.498. The first-order valence-electron chi connectivity index (χ1n) is 12.8. The van der Waals surface area contributed by atoms with Gasteiger partial charge in [-0.25, -0.2) is 4.79 Å². The Morgan fingerprint density at radius 2 is 1.67 bits per heavy atom. The van der Waals surface area contributed by atoms with E-state index < -0.39 is 23.8 Å². The van der Waals surface area contributed by atoms with Gasteiger partial charge >= 0.3 is 17.9 Å². The van der Waals surface area contributed by atoms with Crippen molar-refractivity contribution in [3.05, 3.63) is 76.0 Å². The summed E-state index contributed by atoms with van der Waals surface area (Å²) in [7, 11) is 1.32. The number of nitrogens with zero attached hydrogens (tertiary/aromatic N) is 1. The van der Waals surface area contributed by atoms with Gasteiger partial charge < -0.3 is 18.9 Å². The third-order valence-corrected chi connectivity index (χ3v) is 6.61. The molecule has 3 rings (SSSR count). The predicted molar refractivity (Wildman–Crippen MR) is 148 cm³/mol. The molecule has 208 valence electrons. The minimum Gasteiger partial charge on any atom is -0.494 e. The topological polar surface area (TPSA) is 100 Å². The zero-order valence-electron chi connectivity index (χ0n) is 22.7. The molecule has 0 N–H and O–H groups in total. The maximum absolute atomic E-state index is 13.2. The number of carbonyl (C=O) groups excluding carboxylic acids is 3. The van der Waals surface area contributed by atoms with Crippen LogP contribution in [-0.2, 0) is 35.0 Å². The minimum atomic E-state index is -0.763. The summed E-state index contributed by atoms with van der Waals surface area (Å²) in [4.78, 5) is 41.3. The average molecular weight is 556 g/mol. The van der Waals surface area contributed by atoms with Gasteiger partial charge in [0.25, 0.3) is 0 Å². The van der Waals surface area contributed by atoms with E-state index in [1.54, 1.807) is 32.0 Å². The lowest BCUT2D eigenvalue weighted by Gasteiger charge is -2.31. The lowest BCUT2D eigenvalue weighted by atomic mass is 9.75. The van der Waals surface area contributed by atoms with E-state index in [1.807, 2.05) is 30.3 Å². The number of ether oxygens (including phenoxy) is 4. The molecular formula is C30H34ClNO7. The second-order valence-electron chi connectivity index (χ2n) is 9.21. The Morgan fingerprint density at radius 3 is 2.33 bits per heavy atom. The van der Waals surface area contributed by atoms with Crippen LogP contribution in [0.2, 0.25) is 5.02 Å². The van der Waals surface area contributed by atoms with Crippen molar-refractivity contribution in [2.45, 2.75) is 46.0 Å². The van der Waals surface area contributed by atoms with Crippen molar-refractivity contribution >= 4 is 35.2 Å².